The van der Waals surface area contributed by atoms with E-state index >= 15 is 0 Å². The van der Waals surface area contributed by atoms with Crippen LogP contribution in [0.1, 0.15) is 22.4 Å². The van der Waals surface area contributed by atoms with Crippen LogP contribution in [0.4, 0.5) is 5.69 Å². The van der Waals surface area contributed by atoms with Crippen LogP contribution in [0, 0.1) is 20.8 Å². The molecule has 0 bridgehead atoms. The third-order valence-electron chi connectivity index (χ3n) is 2.76. The molecule has 23 heavy (non-hydrogen) atoms. The van der Waals surface area contributed by atoms with Gasteiger partial charge in [-0.15, -0.1) is 5.69 Å². The van der Waals surface area contributed by atoms with E-state index in [-0.39, 0.29) is 0 Å². The summed E-state index contributed by atoms with van der Waals surface area (Å²) in [4.78, 5) is 4.28. The van der Waals surface area contributed by atoms with E-state index in [4.69, 9.17) is 0 Å². The van der Waals surface area contributed by atoms with E-state index < -0.39 is 0 Å². The third-order valence-corrected chi connectivity index (χ3v) is 2.76. The standard InChI is InChI=1S/C15H17N2.C2H6N.2HI.Ti/c1-11-8-12(2)15(13(3)9-11)17-10-14-6-4-5-7-16-14;1-3-2;;;/h4-9H,10H2,1-3H3;1-2H3;2*1H;/q2*-1;;;+2/p-2. The van der Waals surface area contributed by atoms with Crippen LogP contribution >= 0.6 is 38.4 Å². The van der Waals surface area contributed by atoms with Gasteiger partial charge in [0.25, 0.3) is 0 Å². The average Bonchev–Trinajstić information content (AvgIpc) is 2.49. The fourth-order valence-corrected chi connectivity index (χ4v) is 2.07. The number of hydrogen-bond acceptors (Lipinski definition) is 1. The van der Waals surface area contributed by atoms with E-state index in [0.717, 1.165) is 11.4 Å². The summed E-state index contributed by atoms with van der Waals surface area (Å²) >= 11 is 5.24. The summed E-state index contributed by atoms with van der Waals surface area (Å²) in [7, 11) is 3.50. The number of aryl methyl sites for hydroxylation is 3. The predicted molar refractivity (Wildman–Crippen MR) is 115 cm³/mol. The van der Waals surface area contributed by atoms with E-state index in [0.29, 0.717) is 18.2 Å². The molecule has 0 atom stereocenters. The van der Waals surface area contributed by atoms with Gasteiger partial charge in [0.1, 0.15) is 0 Å². The molecule has 1 aromatic carbocycles. The minimum atomic E-state index is 0.440. The van der Waals surface area contributed by atoms with Gasteiger partial charge in [0.2, 0.25) is 0 Å². The third kappa shape index (κ3) is 10.7. The molecule has 1 aromatic heterocycles. The molecule has 2 rings (SSSR count). The van der Waals surface area contributed by atoms with E-state index in [9.17, 15) is 0 Å². The fraction of sp³-hybridized carbons (Fsp3) is 0.353. The van der Waals surface area contributed by atoms with Crippen LogP contribution in [0.15, 0.2) is 36.5 Å². The summed E-state index contributed by atoms with van der Waals surface area (Å²) in [5.41, 5.74) is 5.86. The first-order valence-electron chi connectivity index (χ1n) is 7.09. The van der Waals surface area contributed by atoms with Gasteiger partial charge >= 0.3 is 50.0 Å². The summed E-state index contributed by atoms with van der Waals surface area (Å²) in [6.07, 6.45) is 1.81. The van der Waals surface area contributed by atoms with Crippen LogP contribution in [0.2, 0.25) is 0 Å². The summed E-state index contributed by atoms with van der Waals surface area (Å²) in [5, 5.41) is 8.15. The second-order valence-electron chi connectivity index (χ2n) is 4.90. The number of benzene rings is 1. The van der Waals surface area contributed by atoms with Gasteiger partial charge in [0.05, 0.1) is 0 Å². The Hall–Kier alpha value is 0.304. The topological polar surface area (TPSA) is 41.1 Å². The van der Waals surface area contributed by atoms with Gasteiger partial charge in [-0.25, -0.2) is 0 Å². The Balaban J connectivity index is 0.000000704. The zero-order chi connectivity index (χ0) is 17.7. The molecule has 0 saturated heterocycles. The van der Waals surface area contributed by atoms with Crippen LogP contribution in [0.25, 0.3) is 10.6 Å². The Morgan fingerprint density at radius 1 is 1.04 bits per heavy atom. The van der Waals surface area contributed by atoms with Crippen molar-refractivity contribution in [3.8, 4) is 0 Å². The number of aromatic nitrogens is 1. The second-order valence-corrected chi connectivity index (χ2v) is 18.1. The molecule has 1 heterocycles. The van der Waals surface area contributed by atoms with Gasteiger partial charge < -0.3 is 10.6 Å². The SMILES string of the molecule is C[N-]C.Cc1cc(C)c([N-]Cc2ccccn2)c(C)c1.[I][Ti][I]. The van der Waals surface area contributed by atoms with Crippen molar-refractivity contribution in [1.82, 2.24) is 4.98 Å². The number of pyridine rings is 1. The number of halogens is 2. The predicted octanol–water partition coefficient (Wildman–Crippen LogP) is 6.60. The molecule has 0 fully saturated rings. The van der Waals surface area contributed by atoms with Crippen LogP contribution < -0.4 is 0 Å². The molecule has 0 radical (unpaired) electrons. The number of rotatable bonds is 3. The summed E-state index contributed by atoms with van der Waals surface area (Å²) in [6.45, 7) is 6.97. The Morgan fingerprint density at radius 2 is 1.57 bits per heavy atom. The minimum absolute atomic E-state index is 0.440. The van der Waals surface area contributed by atoms with E-state index in [1.54, 1.807) is 20.3 Å². The molecule has 3 nitrogen and oxygen atoms in total. The van der Waals surface area contributed by atoms with Gasteiger partial charge in [-0.2, -0.15) is 14.1 Å². The van der Waals surface area contributed by atoms with Crippen molar-refractivity contribution in [2.45, 2.75) is 27.3 Å². The van der Waals surface area contributed by atoms with Crippen LogP contribution in [-0.2, 0) is 18.2 Å². The van der Waals surface area contributed by atoms with E-state index in [1.807, 2.05) is 18.2 Å². The quantitative estimate of drug-likeness (QED) is 0.303. The number of nitrogens with zero attached hydrogens (tertiary/aromatic N) is 3. The molecule has 0 unspecified atom stereocenters. The zero-order valence-electron chi connectivity index (χ0n) is 14.3. The normalized spacial score (nSPS) is 9.00. The van der Waals surface area contributed by atoms with Crippen molar-refractivity contribution in [3.63, 3.8) is 0 Å². The Kier molecular flexibility index (Phi) is 14.8. The molecule has 0 amide bonds. The number of hydrogen-bond donors (Lipinski definition) is 0. The Morgan fingerprint density at radius 3 is 2.00 bits per heavy atom. The second kappa shape index (κ2) is 14.6. The van der Waals surface area contributed by atoms with Crippen molar-refractivity contribution in [1.29, 1.82) is 0 Å². The molecular weight excluding hydrogens is 548 g/mol. The Bertz CT molecular complexity index is 526. The van der Waals surface area contributed by atoms with Gasteiger partial charge in [0.15, 0.2) is 0 Å². The molecule has 0 aliphatic carbocycles. The molecule has 0 aliphatic rings. The van der Waals surface area contributed by atoms with Crippen molar-refractivity contribution in [2.75, 3.05) is 14.1 Å². The molecular formula is C17H23I2N3Ti-2. The average molecular weight is 571 g/mol. The van der Waals surface area contributed by atoms with Gasteiger partial charge in [-0.1, -0.05) is 41.4 Å². The van der Waals surface area contributed by atoms with Crippen molar-refractivity contribution in [3.05, 3.63) is 69.5 Å². The van der Waals surface area contributed by atoms with Crippen LogP contribution in [0.3, 0.4) is 0 Å². The van der Waals surface area contributed by atoms with Crippen LogP contribution in [-0.4, -0.2) is 19.1 Å². The van der Waals surface area contributed by atoms with Gasteiger partial charge in [-0.05, 0) is 32.9 Å². The molecule has 6 heteroatoms. The first-order valence-corrected chi connectivity index (χ1v) is 17.2. The summed E-state index contributed by atoms with van der Waals surface area (Å²) in [5.74, 6) is 0. The molecule has 0 saturated carbocycles. The maximum absolute atomic E-state index is 4.65. The first-order chi connectivity index (χ1) is 11.0. The molecule has 2 aromatic rings. The fourth-order valence-electron chi connectivity index (χ4n) is 2.07. The van der Waals surface area contributed by atoms with Crippen LogP contribution in [0.5, 0.6) is 0 Å². The monoisotopic (exact) mass is 571 g/mol. The van der Waals surface area contributed by atoms with Crippen molar-refractivity contribution in [2.24, 2.45) is 0 Å². The van der Waals surface area contributed by atoms with Gasteiger partial charge in [0, 0.05) is 11.9 Å². The first kappa shape index (κ1) is 23.3. The molecule has 0 spiro atoms. The van der Waals surface area contributed by atoms with E-state index in [1.165, 1.54) is 16.7 Å². The molecule has 126 valence electrons. The van der Waals surface area contributed by atoms with Crippen molar-refractivity contribution >= 4 is 44.1 Å². The van der Waals surface area contributed by atoms with Crippen molar-refractivity contribution < 1.29 is 11.7 Å². The molecule has 0 N–H and O–H groups in total. The summed E-state index contributed by atoms with van der Waals surface area (Å²) < 4.78 is 0. The summed E-state index contributed by atoms with van der Waals surface area (Å²) in [6, 6.07) is 10.3. The molecule has 0 aliphatic heterocycles. The zero-order valence-corrected chi connectivity index (χ0v) is 20.1. The Labute approximate surface area is 170 Å². The van der Waals surface area contributed by atoms with Gasteiger partial charge in [-0.3, -0.25) is 4.98 Å². The van der Waals surface area contributed by atoms with E-state index in [2.05, 4.69) is 86.9 Å². The maximum atomic E-state index is 4.65.